The van der Waals surface area contributed by atoms with Crippen LogP contribution in [0.15, 0.2) is 24.3 Å². The molecule has 2 saturated heterocycles. The predicted octanol–water partition coefficient (Wildman–Crippen LogP) is -0.626. The average Bonchev–Trinajstić information content (AvgIpc) is 3.02. The van der Waals surface area contributed by atoms with Crippen molar-refractivity contribution in [2.24, 2.45) is 0 Å². The first-order valence-electron chi connectivity index (χ1n) is 9.21. The zero-order valence-corrected chi connectivity index (χ0v) is 16.7. The maximum absolute atomic E-state index is 12.4. The van der Waals surface area contributed by atoms with Crippen molar-refractivity contribution in [3.8, 4) is 0 Å². The number of nitrogens with zero attached hydrogens (tertiary/aromatic N) is 1. The number of amides is 2. The minimum atomic E-state index is -2.87. The molecule has 2 aliphatic heterocycles. The van der Waals surface area contributed by atoms with E-state index in [1.807, 2.05) is 0 Å². The molecule has 2 aliphatic rings. The van der Waals surface area contributed by atoms with Crippen molar-refractivity contribution in [2.45, 2.75) is 18.9 Å². The van der Waals surface area contributed by atoms with Gasteiger partial charge in [-0.15, -0.1) is 0 Å². The highest BCUT2D eigenvalue weighted by Gasteiger charge is 2.37. The van der Waals surface area contributed by atoms with E-state index in [0.717, 1.165) is 19.5 Å². The van der Waals surface area contributed by atoms with Crippen LogP contribution in [0.4, 0.5) is 0 Å². The summed E-state index contributed by atoms with van der Waals surface area (Å²) in [5.74, 6) is 0.275. The lowest BCUT2D eigenvalue weighted by Gasteiger charge is -2.35. The Kier molecular flexibility index (Phi) is 6.39. The number of halogens is 1. The molecule has 1 aromatic rings. The van der Waals surface area contributed by atoms with Gasteiger partial charge in [0, 0.05) is 19.4 Å². The summed E-state index contributed by atoms with van der Waals surface area (Å²) in [5.41, 5.74) is 0.398. The fraction of sp³-hybridized carbons (Fsp3) is 0.556. The van der Waals surface area contributed by atoms with Gasteiger partial charge in [0.2, 0.25) is 5.91 Å². The summed E-state index contributed by atoms with van der Waals surface area (Å²) in [4.78, 5) is 27.5. The first-order valence-corrected chi connectivity index (χ1v) is 11.4. The number of benzene rings is 1. The van der Waals surface area contributed by atoms with E-state index in [2.05, 4.69) is 5.32 Å². The number of nitrogens with one attached hydrogen (secondary N) is 2. The molecule has 0 unspecified atom stereocenters. The molecule has 2 fully saturated rings. The van der Waals surface area contributed by atoms with Crippen molar-refractivity contribution < 1.29 is 22.9 Å². The third-order valence-corrected chi connectivity index (χ3v) is 7.41. The molecule has 148 valence electrons. The summed E-state index contributed by atoms with van der Waals surface area (Å²) < 4.78 is 23.3. The quantitative estimate of drug-likeness (QED) is 0.671. The summed E-state index contributed by atoms with van der Waals surface area (Å²) in [5, 5.41) is 3.11. The lowest BCUT2D eigenvalue weighted by Crippen LogP contribution is -3.18. The number of piperazine rings is 1. The molecule has 0 aromatic heterocycles. The van der Waals surface area contributed by atoms with Crippen LogP contribution >= 0.6 is 11.6 Å². The van der Waals surface area contributed by atoms with Crippen LogP contribution in [0.3, 0.4) is 0 Å². The van der Waals surface area contributed by atoms with E-state index in [-0.39, 0.29) is 42.3 Å². The number of rotatable bonds is 5. The van der Waals surface area contributed by atoms with Gasteiger partial charge in [-0.3, -0.25) is 9.59 Å². The number of quaternary nitrogens is 1. The van der Waals surface area contributed by atoms with Crippen LogP contribution in [0, 0.1) is 0 Å². The monoisotopic (exact) mass is 414 g/mol. The molecule has 0 saturated carbocycles. The van der Waals surface area contributed by atoms with Gasteiger partial charge in [0.1, 0.15) is 11.8 Å². The number of hydrogen-bond donors (Lipinski definition) is 2. The normalized spacial score (nSPS) is 22.6. The standard InChI is InChI=1S/C18H24ClN3O4S/c19-16-4-2-1-3-15(16)18(24)20-7-5-17(23)22-10-8-21(9-11-22)14-6-12-27(25,26)13-14/h1-4,14H,5-13H2,(H,20,24)/p+1/t14-/m1/s1. The molecule has 1 atom stereocenters. The molecule has 9 heteroatoms. The molecule has 2 N–H and O–H groups in total. The van der Waals surface area contributed by atoms with Crippen LogP contribution in [-0.2, 0) is 14.6 Å². The molecular weight excluding hydrogens is 390 g/mol. The largest absolute Gasteiger partial charge is 0.351 e. The van der Waals surface area contributed by atoms with Crippen molar-refractivity contribution in [3.63, 3.8) is 0 Å². The Morgan fingerprint density at radius 1 is 1.22 bits per heavy atom. The lowest BCUT2D eigenvalue weighted by molar-refractivity contribution is -0.925. The van der Waals surface area contributed by atoms with Crippen LogP contribution in [0.2, 0.25) is 5.02 Å². The molecule has 27 heavy (non-hydrogen) atoms. The molecule has 0 radical (unpaired) electrons. The Morgan fingerprint density at radius 2 is 1.93 bits per heavy atom. The molecule has 2 amide bonds. The van der Waals surface area contributed by atoms with E-state index >= 15 is 0 Å². The van der Waals surface area contributed by atoms with E-state index in [0.29, 0.717) is 23.7 Å². The van der Waals surface area contributed by atoms with Gasteiger partial charge in [-0.05, 0) is 12.1 Å². The molecule has 1 aromatic carbocycles. The van der Waals surface area contributed by atoms with E-state index < -0.39 is 9.84 Å². The van der Waals surface area contributed by atoms with Crippen molar-refractivity contribution >= 4 is 33.3 Å². The van der Waals surface area contributed by atoms with E-state index in [9.17, 15) is 18.0 Å². The van der Waals surface area contributed by atoms with Crippen molar-refractivity contribution in [1.29, 1.82) is 0 Å². The van der Waals surface area contributed by atoms with E-state index in [4.69, 9.17) is 11.6 Å². The van der Waals surface area contributed by atoms with E-state index in [1.165, 1.54) is 4.90 Å². The Hall–Kier alpha value is -1.64. The zero-order valence-electron chi connectivity index (χ0n) is 15.1. The molecule has 2 heterocycles. The van der Waals surface area contributed by atoms with Gasteiger partial charge in [0.25, 0.3) is 5.91 Å². The Morgan fingerprint density at radius 3 is 2.56 bits per heavy atom. The summed E-state index contributed by atoms with van der Waals surface area (Å²) in [6.45, 7) is 3.07. The summed E-state index contributed by atoms with van der Waals surface area (Å²) in [6, 6.07) is 6.96. The van der Waals surface area contributed by atoms with Crippen molar-refractivity contribution in [2.75, 3.05) is 44.2 Å². The first-order chi connectivity index (χ1) is 12.9. The Balaban J connectivity index is 1.40. The molecule has 0 aliphatic carbocycles. The molecule has 0 spiro atoms. The second-order valence-corrected chi connectivity index (χ2v) is 9.76. The smallest absolute Gasteiger partial charge is 0.252 e. The maximum Gasteiger partial charge on any atom is 0.252 e. The Labute approximate surface area is 164 Å². The SMILES string of the molecule is O=C(NCCC(=O)N1CC[NH+]([C@@H]2CCS(=O)(=O)C2)CC1)c1ccccc1Cl. The molecule has 3 rings (SSSR count). The highest BCUT2D eigenvalue weighted by Crippen LogP contribution is 2.14. The average molecular weight is 415 g/mol. The maximum atomic E-state index is 12.4. The fourth-order valence-corrected chi connectivity index (χ4v) is 5.80. The van der Waals surface area contributed by atoms with Gasteiger partial charge in [-0.1, -0.05) is 23.7 Å². The van der Waals surface area contributed by atoms with Crippen LogP contribution in [0.1, 0.15) is 23.2 Å². The zero-order chi connectivity index (χ0) is 19.4. The van der Waals surface area contributed by atoms with Gasteiger partial charge in [0.15, 0.2) is 9.84 Å². The number of hydrogen-bond acceptors (Lipinski definition) is 4. The highest BCUT2D eigenvalue weighted by molar-refractivity contribution is 7.91. The van der Waals surface area contributed by atoms with Gasteiger partial charge in [-0.2, -0.15) is 0 Å². The van der Waals surface area contributed by atoms with Crippen LogP contribution in [-0.4, -0.2) is 75.4 Å². The highest BCUT2D eigenvalue weighted by atomic mass is 35.5. The number of carbonyl (C=O) groups excluding carboxylic acids is 2. The van der Waals surface area contributed by atoms with Crippen LogP contribution < -0.4 is 10.2 Å². The minimum Gasteiger partial charge on any atom is -0.351 e. The molecule has 0 bridgehead atoms. The minimum absolute atomic E-state index is 0.00699. The number of sulfone groups is 1. The fourth-order valence-electron chi connectivity index (χ4n) is 3.75. The van der Waals surface area contributed by atoms with E-state index in [1.54, 1.807) is 29.2 Å². The van der Waals surface area contributed by atoms with Crippen molar-refractivity contribution in [1.82, 2.24) is 10.2 Å². The third-order valence-electron chi connectivity index (χ3n) is 5.31. The van der Waals surface area contributed by atoms with Gasteiger partial charge < -0.3 is 15.1 Å². The number of carbonyl (C=O) groups is 2. The molecule has 7 nitrogen and oxygen atoms in total. The molecular formula is C18H25ClN3O4S+. The van der Waals surface area contributed by atoms with Gasteiger partial charge >= 0.3 is 0 Å². The topological polar surface area (TPSA) is 88.0 Å². The van der Waals surface area contributed by atoms with Crippen molar-refractivity contribution in [3.05, 3.63) is 34.9 Å². The summed E-state index contributed by atoms with van der Waals surface area (Å²) in [7, 11) is -2.87. The third kappa shape index (κ3) is 5.21. The summed E-state index contributed by atoms with van der Waals surface area (Å²) in [6.07, 6.45) is 0.961. The second kappa shape index (κ2) is 8.58. The second-order valence-electron chi connectivity index (χ2n) is 7.12. The van der Waals surface area contributed by atoms with Gasteiger partial charge in [-0.25, -0.2) is 8.42 Å². The lowest BCUT2D eigenvalue weighted by atomic mass is 10.2. The predicted molar refractivity (Wildman–Crippen MR) is 103 cm³/mol. The van der Waals surface area contributed by atoms with Crippen LogP contribution in [0.5, 0.6) is 0 Å². The Bertz CT molecular complexity index is 807. The van der Waals surface area contributed by atoms with Crippen LogP contribution in [0.25, 0.3) is 0 Å². The summed E-state index contributed by atoms with van der Waals surface area (Å²) >= 11 is 5.99. The first kappa shape index (κ1) is 20.1. The van der Waals surface area contributed by atoms with Gasteiger partial charge in [0.05, 0.1) is 42.5 Å².